The first-order valence-corrected chi connectivity index (χ1v) is 9.89. The van der Waals surface area contributed by atoms with Crippen LogP contribution in [0.4, 0.5) is 0 Å². The van der Waals surface area contributed by atoms with E-state index in [-0.39, 0.29) is 6.54 Å². The van der Waals surface area contributed by atoms with Gasteiger partial charge in [0.05, 0.1) is 6.54 Å². The largest absolute Gasteiger partial charge is 0.463 e. The van der Waals surface area contributed by atoms with Gasteiger partial charge in [0.1, 0.15) is 17.1 Å². The third kappa shape index (κ3) is 5.74. The number of nitrogens with one attached hydrogen (secondary N) is 2. The molecule has 1 aromatic heterocycles. The smallest absolute Gasteiger partial charge is 0.191 e. The summed E-state index contributed by atoms with van der Waals surface area (Å²) in [7, 11) is 0. The van der Waals surface area contributed by atoms with E-state index in [1.165, 1.54) is 25.9 Å². The molecule has 1 aliphatic heterocycles. The number of rotatable bonds is 8. The zero-order valence-electron chi connectivity index (χ0n) is 17.0. The van der Waals surface area contributed by atoms with Crippen LogP contribution in [0.3, 0.4) is 0 Å². The van der Waals surface area contributed by atoms with Crippen LogP contribution in [0.2, 0.25) is 0 Å². The summed E-state index contributed by atoms with van der Waals surface area (Å²) < 4.78 is 5.57. The Morgan fingerprint density at radius 2 is 2.00 bits per heavy atom. The van der Waals surface area contributed by atoms with Crippen LogP contribution >= 0.6 is 0 Å². The molecule has 1 fully saturated rings. The van der Waals surface area contributed by atoms with E-state index in [2.05, 4.69) is 34.4 Å². The lowest BCUT2D eigenvalue weighted by atomic mass is 10.0. The van der Waals surface area contributed by atoms with Gasteiger partial charge in [0.25, 0.3) is 0 Å². The fourth-order valence-electron chi connectivity index (χ4n) is 3.44. The first-order valence-electron chi connectivity index (χ1n) is 9.89. The minimum absolute atomic E-state index is 0.241. The van der Waals surface area contributed by atoms with E-state index in [1.807, 2.05) is 26.0 Å². The first kappa shape index (κ1) is 20.8. The summed E-state index contributed by atoms with van der Waals surface area (Å²) in [5, 5.41) is 17.4. The third-order valence-electron chi connectivity index (χ3n) is 5.02. The Labute approximate surface area is 158 Å². The van der Waals surface area contributed by atoms with Gasteiger partial charge in [0.2, 0.25) is 0 Å². The van der Waals surface area contributed by atoms with E-state index < -0.39 is 5.60 Å². The number of hydrogen-bond donors (Lipinski definition) is 3. The molecule has 6 nitrogen and oxygen atoms in total. The molecular formula is C20H36N4O2. The van der Waals surface area contributed by atoms with Crippen molar-refractivity contribution in [1.82, 2.24) is 15.5 Å². The molecule has 2 heterocycles. The predicted octanol–water partition coefficient (Wildman–Crippen LogP) is 2.47. The zero-order chi connectivity index (χ0) is 19.2. The van der Waals surface area contributed by atoms with Crippen molar-refractivity contribution in [1.29, 1.82) is 0 Å². The van der Waals surface area contributed by atoms with Gasteiger partial charge in [0, 0.05) is 19.1 Å². The Kier molecular flexibility index (Phi) is 7.53. The number of furan rings is 1. The summed E-state index contributed by atoms with van der Waals surface area (Å²) in [5.74, 6) is 2.66. The molecule has 1 saturated heterocycles. The van der Waals surface area contributed by atoms with Crippen molar-refractivity contribution in [2.45, 2.75) is 59.1 Å². The summed E-state index contributed by atoms with van der Waals surface area (Å²) in [4.78, 5) is 7.17. The summed E-state index contributed by atoms with van der Waals surface area (Å²) in [6, 6.07) is 4.17. The minimum atomic E-state index is -1.12. The fraction of sp³-hybridized carbons (Fsp3) is 0.750. The lowest BCUT2D eigenvalue weighted by Gasteiger charge is -2.31. The van der Waals surface area contributed by atoms with Gasteiger partial charge >= 0.3 is 0 Å². The van der Waals surface area contributed by atoms with Crippen LogP contribution in [0.15, 0.2) is 21.5 Å². The Hall–Kier alpha value is -1.53. The normalized spacial score (nSPS) is 19.6. The van der Waals surface area contributed by atoms with Gasteiger partial charge in [-0.15, -0.1) is 0 Å². The molecule has 2 unspecified atom stereocenters. The Morgan fingerprint density at radius 3 is 2.54 bits per heavy atom. The molecule has 1 aromatic rings. The van der Waals surface area contributed by atoms with Crippen molar-refractivity contribution >= 4 is 5.96 Å². The highest BCUT2D eigenvalue weighted by molar-refractivity contribution is 5.79. The third-order valence-corrected chi connectivity index (χ3v) is 5.02. The summed E-state index contributed by atoms with van der Waals surface area (Å²) in [6.07, 6.45) is 2.59. The van der Waals surface area contributed by atoms with E-state index in [0.717, 1.165) is 24.8 Å². The predicted molar refractivity (Wildman–Crippen MR) is 106 cm³/mol. The molecule has 1 aliphatic rings. The van der Waals surface area contributed by atoms with Crippen LogP contribution < -0.4 is 10.6 Å². The molecule has 6 heteroatoms. The minimum Gasteiger partial charge on any atom is -0.463 e. The second-order valence-electron chi connectivity index (χ2n) is 7.81. The van der Waals surface area contributed by atoms with E-state index in [0.29, 0.717) is 17.7 Å². The highest BCUT2D eigenvalue weighted by Gasteiger charge is 2.27. The molecular weight excluding hydrogens is 328 g/mol. The molecule has 0 amide bonds. The van der Waals surface area contributed by atoms with Crippen molar-refractivity contribution in [3.63, 3.8) is 0 Å². The van der Waals surface area contributed by atoms with Gasteiger partial charge in [-0.1, -0.05) is 13.8 Å². The molecule has 0 bridgehead atoms. The van der Waals surface area contributed by atoms with Crippen molar-refractivity contribution in [2.75, 3.05) is 32.7 Å². The molecule has 3 N–H and O–H groups in total. The lowest BCUT2D eigenvalue weighted by Crippen LogP contribution is -2.48. The maximum Gasteiger partial charge on any atom is 0.191 e. The second kappa shape index (κ2) is 9.42. The molecule has 0 aliphatic carbocycles. The van der Waals surface area contributed by atoms with E-state index in [4.69, 9.17) is 4.42 Å². The molecule has 0 aromatic carbocycles. The number of aryl methyl sites for hydroxylation is 1. The number of nitrogens with zero attached hydrogens (tertiary/aromatic N) is 2. The topological polar surface area (TPSA) is 73.0 Å². The van der Waals surface area contributed by atoms with Gasteiger partial charge in [-0.3, -0.25) is 4.90 Å². The van der Waals surface area contributed by atoms with Gasteiger partial charge in [-0.05, 0) is 64.8 Å². The van der Waals surface area contributed by atoms with Crippen LogP contribution in [-0.4, -0.2) is 54.7 Å². The Morgan fingerprint density at radius 1 is 1.31 bits per heavy atom. The highest BCUT2D eigenvalue weighted by atomic mass is 16.4. The highest BCUT2D eigenvalue weighted by Crippen LogP contribution is 2.23. The second-order valence-corrected chi connectivity index (χ2v) is 7.81. The van der Waals surface area contributed by atoms with E-state index in [9.17, 15) is 5.11 Å². The van der Waals surface area contributed by atoms with Crippen molar-refractivity contribution in [3.05, 3.63) is 23.7 Å². The van der Waals surface area contributed by atoms with Gasteiger partial charge in [-0.25, -0.2) is 4.99 Å². The molecule has 26 heavy (non-hydrogen) atoms. The van der Waals surface area contributed by atoms with Crippen molar-refractivity contribution < 1.29 is 9.52 Å². The van der Waals surface area contributed by atoms with Gasteiger partial charge < -0.3 is 20.2 Å². The quantitative estimate of drug-likeness (QED) is 0.488. The molecule has 2 rings (SSSR count). The monoisotopic (exact) mass is 364 g/mol. The molecule has 2 atom stereocenters. The number of aliphatic hydroxyl groups is 1. The molecule has 0 spiro atoms. The van der Waals surface area contributed by atoms with Gasteiger partial charge in [0.15, 0.2) is 5.96 Å². The average Bonchev–Trinajstić information content (AvgIpc) is 3.24. The summed E-state index contributed by atoms with van der Waals surface area (Å²) >= 11 is 0. The van der Waals surface area contributed by atoms with Crippen LogP contribution in [0.25, 0.3) is 0 Å². The van der Waals surface area contributed by atoms with Gasteiger partial charge in [-0.2, -0.15) is 0 Å². The van der Waals surface area contributed by atoms with Crippen LogP contribution in [0.5, 0.6) is 0 Å². The maximum atomic E-state index is 10.7. The van der Waals surface area contributed by atoms with Crippen LogP contribution in [0.1, 0.15) is 52.1 Å². The summed E-state index contributed by atoms with van der Waals surface area (Å²) in [5.41, 5.74) is -1.12. The average molecular weight is 365 g/mol. The Bertz CT molecular complexity index is 574. The molecule has 0 radical (unpaired) electrons. The Balaban J connectivity index is 1.99. The molecule has 148 valence electrons. The maximum absolute atomic E-state index is 10.7. The fourth-order valence-corrected chi connectivity index (χ4v) is 3.44. The number of guanidine groups is 1. The lowest BCUT2D eigenvalue weighted by molar-refractivity contribution is 0.0428. The van der Waals surface area contributed by atoms with Crippen LogP contribution in [-0.2, 0) is 5.60 Å². The number of aliphatic imine (C=N–C) groups is 1. The number of likely N-dealkylation sites (tertiary alicyclic amines) is 1. The zero-order valence-corrected chi connectivity index (χ0v) is 17.0. The standard InChI is InChI=1S/C20H36N4O2/c1-6-21-19(22-13-17(15(2)3)24-11-7-8-12-24)23-14-20(5,25)18-10-9-16(4)26-18/h9-10,15,17,25H,6-8,11-14H2,1-5H3,(H2,21,22,23). The number of hydrogen-bond acceptors (Lipinski definition) is 4. The van der Waals surface area contributed by atoms with Crippen molar-refractivity contribution in [2.24, 2.45) is 10.9 Å². The van der Waals surface area contributed by atoms with Crippen molar-refractivity contribution in [3.8, 4) is 0 Å². The van der Waals surface area contributed by atoms with E-state index >= 15 is 0 Å². The SMILES string of the molecule is CCNC(=NCC(C)(O)c1ccc(C)o1)NCC(C(C)C)N1CCCC1. The van der Waals surface area contributed by atoms with Crippen LogP contribution in [0, 0.1) is 12.8 Å². The van der Waals surface area contributed by atoms with E-state index in [1.54, 1.807) is 6.92 Å². The first-order chi connectivity index (χ1) is 12.3. The summed E-state index contributed by atoms with van der Waals surface area (Å²) in [6.45, 7) is 14.5. The molecule has 0 saturated carbocycles.